The third-order valence-electron chi connectivity index (χ3n) is 19.7. The second-order valence-electron chi connectivity index (χ2n) is 30.2. The number of alkyl halides is 6. The fourth-order valence-corrected chi connectivity index (χ4v) is 12.4. The SMILES string of the molecule is CC(=O)N1CCN(C(C)C)CC1.CC(C)N1CC(F)(F)C1.CC(C)N1CCC(F)(F)C1.CC(C)N1CCC(F)(F)CC1.CC(C)N1CCCC1.CC(C)N1CCCCC1.CC(C)N1CCN(C(=O)C2CCC2)CC1.CC(C)N1CCOCC1.CC1CN(C(C)C)C1. The van der Waals surface area contributed by atoms with Crippen molar-refractivity contribution in [3.63, 3.8) is 0 Å². The van der Waals surface area contributed by atoms with Gasteiger partial charge < -0.3 is 34.1 Å². The predicted molar refractivity (Wildman–Crippen MR) is 368 cm³/mol. The Morgan fingerprint density at radius 3 is 0.901 bits per heavy atom. The van der Waals surface area contributed by atoms with Crippen LogP contribution >= 0.6 is 0 Å². The lowest BCUT2D eigenvalue weighted by molar-refractivity contribution is -0.141. The number of hydrogen-bond acceptors (Lipinski definition) is 12. The van der Waals surface area contributed by atoms with Gasteiger partial charge in [-0.2, -0.15) is 0 Å². The molecule has 9 aliphatic heterocycles. The van der Waals surface area contributed by atoms with Gasteiger partial charge in [0.05, 0.1) is 32.8 Å². The van der Waals surface area contributed by atoms with Crippen molar-refractivity contribution in [1.82, 2.24) is 53.9 Å². The van der Waals surface area contributed by atoms with Crippen LogP contribution < -0.4 is 0 Å². The van der Waals surface area contributed by atoms with Crippen molar-refractivity contribution in [1.29, 1.82) is 0 Å². The zero-order valence-corrected chi connectivity index (χ0v) is 62.0. The van der Waals surface area contributed by atoms with Crippen LogP contribution in [0.4, 0.5) is 26.3 Å². The van der Waals surface area contributed by atoms with Crippen molar-refractivity contribution in [3.05, 3.63) is 0 Å². The third kappa shape index (κ3) is 35.3. The summed E-state index contributed by atoms with van der Waals surface area (Å²) in [6.45, 7) is 64.0. The van der Waals surface area contributed by atoms with Crippen molar-refractivity contribution < 1.29 is 40.7 Å². The van der Waals surface area contributed by atoms with E-state index in [4.69, 9.17) is 4.74 Å². The molecule has 0 N–H and O–H groups in total. The maximum Gasteiger partial charge on any atom is 0.272 e. The minimum atomic E-state index is -2.43. The number of likely N-dealkylation sites (tertiary alicyclic amines) is 6. The van der Waals surface area contributed by atoms with E-state index in [1.165, 1.54) is 77.8 Å². The number of halogens is 6. The molecule has 10 aliphatic rings. The summed E-state index contributed by atoms with van der Waals surface area (Å²) >= 11 is 0. The molecule has 0 bridgehead atoms. The summed E-state index contributed by atoms with van der Waals surface area (Å²) in [4.78, 5) is 47.4. The van der Waals surface area contributed by atoms with Gasteiger partial charge in [-0.3, -0.25) is 34.1 Å². The number of carbonyl (C=O) groups excluding carboxylic acids is 2. The average molecular weight is 1310 g/mol. The smallest absolute Gasteiger partial charge is 0.272 e. The summed E-state index contributed by atoms with van der Waals surface area (Å²) in [6.07, 6.45) is 10.7. The van der Waals surface area contributed by atoms with Crippen molar-refractivity contribution in [2.75, 3.05) is 157 Å². The van der Waals surface area contributed by atoms with E-state index in [1.807, 2.05) is 46.4 Å². The van der Waals surface area contributed by atoms with Crippen LogP contribution in [0.1, 0.15) is 209 Å². The van der Waals surface area contributed by atoms with E-state index in [2.05, 4.69) is 129 Å². The molecular weight excluding hydrogens is 1170 g/mol. The summed E-state index contributed by atoms with van der Waals surface area (Å²) < 4.78 is 79.7. The molecule has 1 saturated carbocycles. The maximum atomic E-state index is 12.6. The van der Waals surface area contributed by atoms with E-state index >= 15 is 0 Å². The second kappa shape index (κ2) is 43.4. The Kier molecular flexibility index (Phi) is 40.7. The van der Waals surface area contributed by atoms with Gasteiger partial charge in [0.25, 0.3) is 17.8 Å². The normalized spacial score (nSPS) is 23.9. The first kappa shape index (κ1) is 85.2. The van der Waals surface area contributed by atoms with Gasteiger partial charge >= 0.3 is 0 Å². The summed E-state index contributed by atoms with van der Waals surface area (Å²) in [5, 5.41) is 0. The van der Waals surface area contributed by atoms with Crippen molar-refractivity contribution in [2.45, 2.75) is 281 Å². The molecule has 0 atom stereocenters. The van der Waals surface area contributed by atoms with Gasteiger partial charge in [0.1, 0.15) is 0 Å². The quantitative estimate of drug-likeness (QED) is 0.196. The Morgan fingerprint density at radius 1 is 0.341 bits per heavy atom. The number of amides is 2. The van der Waals surface area contributed by atoms with E-state index in [0.29, 0.717) is 55.6 Å². The monoisotopic (exact) mass is 1310 g/mol. The van der Waals surface area contributed by atoms with Crippen LogP contribution in [0.3, 0.4) is 0 Å². The highest BCUT2D eigenvalue weighted by atomic mass is 19.3. The summed E-state index contributed by atoms with van der Waals surface area (Å²) in [5.74, 6) is -5.27. The van der Waals surface area contributed by atoms with Crippen LogP contribution in [0.25, 0.3) is 0 Å². The van der Waals surface area contributed by atoms with E-state index in [9.17, 15) is 35.9 Å². The molecule has 1 aliphatic carbocycles. The van der Waals surface area contributed by atoms with Gasteiger partial charge in [-0.05, 0) is 195 Å². The second-order valence-corrected chi connectivity index (χ2v) is 30.2. The van der Waals surface area contributed by atoms with Crippen LogP contribution in [0.15, 0.2) is 0 Å². The fourth-order valence-electron chi connectivity index (χ4n) is 12.4. The summed E-state index contributed by atoms with van der Waals surface area (Å²) in [7, 11) is 0. The first-order valence-electron chi connectivity index (χ1n) is 36.4. The molecule has 0 aromatic carbocycles. The Bertz CT molecular complexity index is 1830. The lowest BCUT2D eigenvalue weighted by Gasteiger charge is -2.41. The summed E-state index contributed by atoms with van der Waals surface area (Å²) in [6, 6.07) is 5.16. The molecule has 91 heavy (non-hydrogen) atoms. The zero-order valence-electron chi connectivity index (χ0n) is 62.0. The Labute approximate surface area is 554 Å². The van der Waals surface area contributed by atoms with E-state index in [0.717, 1.165) is 116 Å². The van der Waals surface area contributed by atoms with Gasteiger partial charge in [-0.1, -0.05) is 19.8 Å². The third-order valence-corrected chi connectivity index (χ3v) is 19.7. The molecule has 10 fully saturated rings. The molecule has 2 amide bonds. The number of ether oxygens (including phenoxy) is 1. The molecule has 0 aromatic rings. The largest absolute Gasteiger partial charge is 0.379 e. The van der Waals surface area contributed by atoms with Gasteiger partial charge in [-0.25, -0.2) is 26.3 Å². The molecular formula is C71H141F6N11O3. The van der Waals surface area contributed by atoms with Gasteiger partial charge in [0.2, 0.25) is 11.8 Å². The number of rotatable bonds is 10. The number of hydrogen-bond donors (Lipinski definition) is 0. The van der Waals surface area contributed by atoms with Crippen LogP contribution in [0.2, 0.25) is 0 Å². The molecule has 14 nitrogen and oxygen atoms in total. The minimum absolute atomic E-state index is 0.0329. The standard InChI is InChI=1S/C12H22N2O.C9H18N2O.C8H15F2N.C8H17N.C7H13F2N.C7H15NO.2C7H15N.C6H11F2N/c1-10(2)13-6-8-14(9-7-13)12(15)11-4-3-5-11;1-8(2)10-4-6-11(7-5-10)9(3)12;1-7(2)11-5-3-8(9,10)4-6-11;1-8(2)9-6-4-3-5-7-9;1-6(2)10-4-3-7(8,9)5-10;1-7(2)8-3-5-9-6-4-8;1-6(2)8-4-7(3)5-8;1-7(2)8-5-3-4-6-8;1-5(2)9-3-6(7,8)4-9/h10-11H,3-9H2,1-2H3;8H,4-7H2,1-3H3;7H,3-6H2,1-2H3;8H,3-7H2,1-2H3;6H,3-5H2,1-2H3;7H,3-6H2,1-2H3;6-7H,4-5H2,1-3H3;7H,3-6H2,1-2H3;5H,3-4H2,1-2H3. The van der Waals surface area contributed by atoms with Gasteiger partial charge in [0, 0.05) is 185 Å². The zero-order chi connectivity index (χ0) is 68.8. The van der Waals surface area contributed by atoms with Gasteiger partial charge in [-0.15, -0.1) is 0 Å². The molecule has 9 saturated heterocycles. The fraction of sp³-hybridized carbons (Fsp3) is 0.972. The highest BCUT2D eigenvalue weighted by Crippen LogP contribution is 2.31. The highest BCUT2D eigenvalue weighted by Gasteiger charge is 2.44. The van der Waals surface area contributed by atoms with Crippen LogP contribution in [0.5, 0.6) is 0 Å². The predicted octanol–water partition coefficient (Wildman–Crippen LogP) is 12.6. The van der Waals surface area contributed by atoms with Crippen LogP contribution in [0, 0.1) is 11.8 Å². The molecule has 9 heterocycles. The molecule has 10 rings (SSSR count). The highest BCUT2D eigenvalue weighted by molar-refractivity contribution is 5.79. The lowest BCUT2D eigenvalue weighted by Crippen LogP contribution is -2.58. The maximum absolute atomic E-state index is 12.6. The number of morpholine rings is 1. The minimum Gasteiger partial charge on any atom is -0.379 e. The number of piperidine rings is 2. The first-order chi connectivity index (χ1) is 42.4. The van der Waals surface area contributed by atoms with Crippen LogP contribution in [-0.4, -0.2) is 295 Å². The molecule has 0 unspecified atom stereocenters. The molecule has 540 valence electrons. The molecule has 0 aromatic heterocycles. The van der Waals surface area contributed by atoms with Crippen LogP contribution in [-0.2, 0) is 14.3 Å². The summed E-state index contributed by atoms with van der Waals surface area (Å²) in [5.41, 5.74) is 0. The van der Waals surface area contributed by atoms with Gasteiger partial charge in [0.15, 0.2) is 0 Å². The van der Waals surface area contributed by atoms with E-state index in [1.54, 1.807) is 16.7 Å². The topological polar surface area (TPSA) is 79.0 Å². The van der Waals surface area contributed by atoms with Crippen molar-refractivity contribution in [3.8, 4) is 0 Å². The number of piperazine rings is 2. The Morgan fingerprint density at radius 2 is 0.648 bits per heavy atom. The Balaban J connectivity index is 0.000000351. The molecule has 0 radical (unpaired) electrons. The van der Waals surface area contributed by atoms with Crippen molar-refractivity contribution >= 4 is 11.8 Å². The van der Waals surface area contributed by atoms with E-state index < -0.39 is 17.8 Å². The first-order valence-corrected chi connectivity index (χ1v) is 36.4. The molecule has 20 heteroatoms. The number of carbonyl (C=O) groups is 2. The molecule has 0 spiro atoms. The van der Waals surface area contributed by atoms with E-state index in [-0.39, 0.29) is 56.9 Å². The average Bonchev–Trinajstić information content (AvgIpc) is 1.88. The van der Waals surface area contributed by atoms with Crippen molar-refractivity contribution in [2.24, 2.45) is 11.8 Å². The lowest BCUT2D eigenvalue weighted by atomic mass is 9.84. The number of nitrogens with zero attached hydrogens (tertiary/aromatic N) is 11. The Hall–Kier alpha value is -1.88.